The molecule has 0 spiro atoms. The zero-order valence-corrected chi connectivity index (χ0v) is 46.6. The van der Waals surface area contributed by atoms with E-state index < -0.39 is 0 Å². The van der Waals surface area contributed by atoms with Crippen molar-refractivity contribution in [2.24, 2.45) is 0 Å². The van der Waals surface area contributed by atoms with Gasteiger partial charge >= 0.3 is 0 Å². The molecule has 75 heavy (non-hydrogen) atoms. The summed E-state index contributed by atoms with van der Waals surface area (Å²) in [6, 6.07) is 30.8. The number of ether oxygens (including phenoxy) is 3. The normalized spacial score (nSPS) is 13.8. The minimum atomic E-state index is -0.110. The fourth-order valence-corrected chi connectivity index (χ4v) is 9.64. The van der Waals surface area contributed by atoms with Crippen molar-refractivity contribution >= 4 is 68.0 Å². The zero-order valence-electron chi connectivity index (χ0n) is 44.4. The molecular weight excluding hydrogens is 1000 g/mol. The Morgan fingerprint density at radius 1 is 0.560 bits per heavy atom. The predicted molar refractivity (Wildman–Crippen MR) is 318 cm³/mol. The van der Waals surface area contributed by atoms with Crippen molar-refractivity contribution < 1.29 is 14.2 Å². The SMILES string of the molecule is C.C=C(CC)CC.C=C(CC)OCn1c(=O)ccc2ccc(OCCCCN3CCN(c4cccc(Cl)c4Cl)CC3)cc21.CCn1c(=O)ccc2ccc(OCCCCN3CCN(c4cccc(C)c4Cl)CC3)cc21. The van der Waals surface area contributed by atoms with Crippen molar-refractivity contribution in [3.63, 3.8) is 0 Å². The summed E-state index contributed by atoms with van der Waals surface area (Å²) in [5.74, 6) is 2.23. The van der Waals surface area contributed by atoms with Crippen LogP contribution in [0.1, 0.15) is 85.6 Å². The summed E-state index contributed by atoms with van der Waals surface area (Å²) in [5, 5.41) is 4.13. The number of aryl methyl sites for hydroxylation is 2. The van der Waals surface area contributed by atoms with Gasteiger partial charge in [-0.15, -0.1) is 0 Å². The Kier molecular flexibility index (Phi) is 24.9. The van der Waals surface area contributed by atoms with E-state index in [9.17, 15) is 9.59 Å². The number of fused-ring (bicyclic) bond motifs is 2. The Bertz CT molecular complexity index is 2880. The van der Waals surface area contributed by atoms with Crippen LogP contribution in [0.5, 0.6) is 11.5 Å². The molecule has 0 unspecified atom stereocenters. The minimum absolute atomic E-state index is 0. The van der Waals surface area contributed by atoms with Gasteiger partial charge in [0.25, 0.3) is 11.1 Å². The second-order valence-electron chi connectivity index (χ2n) is 18.8. The third-order valence-electron chi connectivity index (χ3n) is 13.8. The van der Waals surface area contributed by atoms with Crippen LogP contribution in [-0.4, -0.2) is 97.6 Å². The molecule has 14 heteroatoms. The maximum atomic E-state index is 12.4. The molecule has 6 aromatic rings. The van der Waals surface area contributed by atoms with Crippen LogP contribution < -0.4 is 30.4 Å². The lowest BCUT2D eigenvalue weighted by atomic mass is 10.2. The van der Waals surface area contributed by atoms with Crippen LogP contribution >= 0.6 is 34.8 Å². The number of piperazine rings is 2. The second kappa shape index (κ2) is 31.0. The Morgan fingerprint density at radius 3 is 1.51 bits per heavy atom. The number of benzene rings is 4. The molecule has 0 radical (unpaired) electrons. The average molecular weight is 1080 g/mol. The molecule has 2 aliphatic rings. The molecule has 2 aromatic heterocycles. The first-order valence-electron chi connectivity index (χ1n) is 26.5. The van der Waals surface area contributed by atoms with Gasteiger partial charge in [-0.2, -0.15) is 0 Å². The van der Waals surface area contributed by atoms with Gasteiger partial charge in [-0.05, 0) is 136 Å². The number of aromatic nitrogens is 2. The fraction of sp³-hybridized carbons (Fsp3) is 0.443. The molecule has 0 amide bonds. The number of unbranched alkanes of at least 4 members (excludes halogenated alkanes) is 2. The summed E-state index contributed by atoms with van der Waals surface area (Å²) in [7, 11) is 0. The highest BCUT2D eigenvalue weighted by Gasteiger charge is 2.21. The Hall–Kier alpha value is -5.43. The fourth-order valence-electron chi connectivity index (χ4n) is 8.98. The maximum Gasteiger partial charge on any atom is 0.253 e. The molecular formula is C61H81Cl3N6O5. The third-order valence-corrected chi connectivity index (χ3v) is 15.1. The summed E-state index contributed by atoms with van der Waals surface area (Å²) >= 11 is 19.1. The number of allylic oxidation sites excluding steroid dienone is 2. The van der Waals surface area contributed by atoms with Crippen molar-refractivity contribution in [3.05, 3.63) is 163 Å². The van der Waals surface area contributed by atoms with Gasteiger partial charge in [0.05, 0.1) is 56.4 Å². The van der Waals surface area contributed by atoms with Crippen molar-refractivity contribution in [2.75, 3.05) is 88.5 Å². The lowest BCUT2D eigenvalue weighted by molar-refractivity contribution is 0.140. The molecule has 0 N–H and O–H groups in total. The smallest absolute Gasteiger partial charge is 0.253 e. The first-order chi connectivity index (χ1) is 35.8. The molecule has 0 saturated carbocycles. The quantitative estimate of drug-likeness (QED) is 0.0397. The molecule has 0 aliphatic carbocycles. The first kappa shape index (κ1) is 60.4. The molecule has 2 fully saturated rings. The number of hydrogen-bond acceptors (Lipinski definition) is 9. The highest BCUT2D eigenvalue weighted by atomic mass is 35.5. The van der Waals surface area contributed by atoms with E-state index in [1.807, 2.05) is 80.6 Å². The number of rotatable bonds is 21. The van der Waals surface area contributed by atoms with E-state index in [4.69, 9.17) is 49.0 Å². The van der Waals surface area contributed by atoms with Gasteiger partial charge in [0, 0.05) is 89.6 Å². The average Bonchev–Trinajstić information content (AvgIpc) is 3.42. The van der Waals surface area contributed by atoms with Gasteiger partial charge in [0.15, 0.2) is 6.73 Å². The van der Waals surface area contributed by atoms with Crippen LogP contribution in [0.4, 0.5) is 11.4 Å². The summed E-state index contributed by atoms with van der Waals surface area (Å²) < 4.78 is 21.0. The summed E-state index contributed by atoms with van der Waals surface area (Å²) in [4.78, 5) is 34.2. The predicted octanol–water partition coefficient (Wildman–Crippen LogP) is 14.2. The summed E-state index contributed by atoms with van der Waals surface area (Å²) in [6.07, 6.45) is 7.12. The number of pyridine rings is 2. The molecule has 0 atom stereocenters. The van der Waals surface area contributed by atoms with Crippen LogP contribution in [0.15, 0.2) is 131 Å². The topological polar surface area (TPSA) is 84.6 Å². The molecule has 2 aliphatic heterocycles. The largest absolute Gasteiger partial charge is 0.494 e. The van der Waals surface area contributed by atoms with E-state index in [2.05, 4.69) is 71.7 Å². The Balaban J connectivity index is 0.000000248. The lowest BCUT2D eigenvalue weighted by Gasteiger charge is -2.36. The van der Waals surface area contributed by atoms with Gasteiger partial charge < -0.3 is 28.6 Å². The third kappa shape index (κ3) is 17.6. The Labute approximate surface area is 461 Å². The maximum absolute atomic E-state index is 12.4. The van der Waals surface area contributed by atoms with Gasteiger partial charge in [-0.3, -0.25) is 24.0 Å². The standard InChI is InChI=1S/C28H33Cl2N3O3.C26H32ClN3O2.C6H12.CH4/c1-3-21(2)36-20-33-26-19-23(11-9-22(26)10-12-27(33)34)35-18-5-4-13-31-14-16-32(17-15-31)25-8-6-7-24(29)28(25)30;1-3-30-24-19-22(11-9-21(24)10-12-25(30)31)32-18-5-4-13-28-14-16-29(17-15-28)23-8-6-7-20(2)26(23)27;1-4-6(3)5-2;/h6-12,19H,2-5,13-18,20H2,1H3;6-12,19H,3-5,13-18H2,1-2H3;3-5H2,1-2H3;1H4. The number of halogens is 3. The lowest BCUT2D eigenvalue weighted by Crippen LogP contribution is -2.46. The van der Waals surface area contributed by atoms with Crippen molar-refractivity contribution in [1.29, 1.82) is 0 Å². The van der Waals surface area contributed by atoms with Crippen molar-refractivity contribution in [2.45, 2.75) is 100 Å². The summed E-state index contributed by atoms with van der Waals surface area (Å²) in [5.41, 5.74) is 6.29. The number of hydrogen-bond donors (Lipinski definition) is 0. The van der Waals surface area contributed by atoms with Gasteiger partial charge in [-0.1, -0.05) is 99.9 Å². The van der Waals surface area contributed by atoms with E-state index in [1.165, 1.54) is 5.57 Å². The highest BCUT2D eigenvalue weighted by Crippen LogP contribution is 2.33. The first-order valence-corrected chi connectivity index (χ1v) is 27.6. The van der Waals surface area contributed by atoms with Crippen LogP contribution in [0.25, 0.3) is 21.8 Å². The van der Waals surface area contributed by atoms with Crippen LogP contribution in [-0.2, 0) is 18.0 Å². The molecule has 2 saturated heterocycles. The van der Waals surface area contributed by atoms with Crippen LogP contribution in [0, 0.1) is 6.92 Å². The van der Waals surface area contributed by atoms with Crippen LogP contribution in [0.2, 0.25) is 15.1 Å². The Morgan fingerprint density at radius 2 is 1.03 bits per heavy atom. The van der Waals surface area contributed by atoms with E-state index in [1.54, 1.807) is 21.3 Å². The molecule has 4 heterocycles. The van der Waals surface area contributed by atoms with E-state index in [0.29, 0.717) is 42.0 Å². The summed E-state index contributed by atoms with van der Waals surface area (Å²) in [6.45, 7) is 30.2. The number of nitrogens with zero attached hydrogens (tertiary/aromatic N) is 6. The zero-order chi connectivity index (χ0) is 53.0. The number of anilines is 2. The van der Waals surface area contributed by atoms with Crippen LogP contribution in [0.3, 0.4) is 0 Å². The van der Waals surface area contributed by atoms with E-state index in [0.717, 1.165) is 159 Å². The van der Waals surface area contributed by atoms with E-state index in [-0.39, 0.29) is 25.3 Å². The minimum Gasteiger partial charge on any atom is -0.494 e. The molecule has 8 rings (SSSR count). The van der Waals surface area contributed by atoms with Gasteiger partial charge in [0.1, 0.15) is 11.5 Å². The molecule has 4 aromatic carbocycles. The van der Waals surface area contributed by atoms with E-state index >= 15 is 0 Å². The molecule has 406 valence electrons. The molecule has 0 bridgehead atoms. The van der Waals surface area contributed by atoms with Gasteiger partial charge in [0.2, 0.25) is 0 Å². The monoisotopic (exact) mass is 1080 g/mol. The van der Waals surface area contributed by atoms with Crippen molar-refractivity contribution in [1.82, 2.24) is 18.9 Å². The van der Waals surface area contributed by atoms with Gasteiger partial charge in [-0.25, -0.2) is 0 Å². The molecule has 11 nitrogen and oxygen atoms in total. The van der Waals surface area contributed by atoms with Crippen molar-refractivity contribution in [3.8, 4) is 11.5 Å². The second-order valence-corrected chi connectivity index (χ2v) is 20.0. The highest BCUT2D eigenvalue weighted by molar-refractivity contribution is 6.43.